The zero-order chi connectivity index (χ0) is 35.1. The number of carbonyl (C=O) groups is 2. The number of amides is 2. The number of hydrogen-bond donors (Lipinski definition) is 1. The second kappa shape index (κ2) is 15.7. The van der Waals surface area contributed by atoms with E-state index in [0.29, 0.717) is 11.5 Å². The van der Waals surface area contributed by atoms with Crippen molar-refractivity contribution in [2.75, 3.05) is 25.1 Å². The van der Waals surface area contributed by atoms with Crippen molar-refractivity contribution in [2.24, 2.45) is 0 Å². The molecule has 4 rings (SSSR count). The number of sulfonamides is 1. The molecule has 9 nitrogen and oxygen atoms in total. The third kappa shape index (κ3) is 9.38. The molecule has 1 atom stereocenters. The molecule has 254 valence electrons. The number of anilines is 1. The Kier molecular flexibility index (Phi) is 11.9. The van der Waals surface area contributed by atoms with E-state index in [1.807, 2.05) is 82.3 Å². The summed E-state index contributed by atoms with van der Waals surface area (Å²) in [5, 5.41) is 3.04. The van der Waals surface area contributed by atoms with Gasteiger partial charge in [0.1, 0.15) is 12.6 Å². The molecule has 0 aromatic heterocycles. The van der Waals surface area contributed by atoms with Crippen molar-refractivity contribution < 1.29 is 27.5 Å². The van der Waals surface area contributed by atoms with Crippen LogP contribution in [0.15, 0.2) is 106 Å². The molecule has 4 aromatic carbocycles. The first-order chi connectivity index (χ1) is 22.7. The Balaban J connectivity index is 1.85. The van der Waals surface area contributed by atoms with E-state index in [0.717, 1.165) is 25.5 Å². The van der Waals surface area contributed by atoms with Crippen LogP contribution in [0.2, 0.25) is 0 Å². The third-order valence-electron chi connectivity index (χ3n) is 7.58. The zero-order valence-electron chi connectivity index (χ0n) is 28.1. The molecular weight excluding hydrogens is 694 g/mol. The molecule has 0 unspecified atom stereocenters. The normalized spacial score (nSPS) is 12.1. The van der Waals surface area contributed by atoms with Crippen molar-refractivity contribution in [2.45, 2.75) is 57.1 Å². The Labute approximate surface area is 292 Å². The molecule has 0 heterocycles. The molecule has 0 fully saturated rings. The van der Waals surface area contributed by atoms with Crippen LogP contribution in [0, 0.1) is 6.92 Å². The third-order valence-corrected chi connectivity index (χ3v) is 9.90. The highest BCUT2D eigenvalue weighted by Gasteiger charge is 2.36. The van der Waals surface area contributed by atoms with Crippen LogP contribution < -0.4 is 19.1 Å². The molecule has 11 heteroatoms. The highest BCUT2D eigenvalue weighted by atomic mass is 79.9. The van der Waals surface area contributed by atoms with Crippen LogP contribution in [0.5, 0.6) is 11.5 Å². The van der Waals surface area contributed by atoms with Crippen LogP contribution >= 0.6 is 15.9 Å². The summed E-state index contributed by atoms with van der Waals surface area (Å²) >= 11 is 3.46. The zero-order valence-corrected chi connectivity index (χ0v) is 30.5. The number of methoxy groups -OCH3 is 2. The van der Waals surface area contributed by atoms with Gasteiger partial charge in [-0.3, -0.25) is 13.9 Å². The molecule has 0 saturated heterocycles. The number of carbonyl (C=O) groups excluding carboxylic acids is 2. The van der Waals surface area contributed by atoms with E-state index in [-0.39, 0.29) is 29.5 Å². The lowest BCUT2D eigenvalue weighted by Gasteiger charge is -2.35. The monoisotopic (exact) mass is 735 g/mol. The molecule has 1 N–H and O–H groups in total. The molecule has 2 amide bonds. The smallest absolute Gasteiger partial charge is 0.264 e. The predicted octanol–water partition coefficient (Wildman–Crippen LogP) is 6.52. The van der Waals surface area contributed by atoms with Crippen LogP contribution in [0.4, 0.5) is 5.69 Å². The molecule has 0 aliphatic rings. The van der Waals surface area contributed by atoms with Gasteiger partial charge in [-0.25, -0.2) is 8.42 Å². The SMILES string of the molecule is COc1ccc(N(CC(=O)N(Cc2ccc(Br)cc2)[C@@H](Cc2ccccc2)C(=O)NC(C)(C)C)S(=O)(=O)c2ccc(C)cc2)cc1OC. The van der Waals surface area contributed by atoms with Gasteiger partial charge in [0.2, 0.25) is 11.8 Å². The molecule has 0 spiro atoms. The van der Waals surface area contributed by atoms with E-state index < -0.39 is 34.1 Å². The average molecular weight is 737 g/mol. The number of nitrogens with one attached hydrogen (secondary N) is 1. The van der Waals surface area contributed by atoms with E-state index in [1.165, 1.54) is 37.3 Å². The molecule has 0 aliphatic carbocycles. The molecule has 48 heavy (non-hydrogen) atoms. The number of hydrogen-bond acceptors (Lipinski definition) is 6. The van der Waals surface area contributed by atoms with Crippen LogP contribution in [0.1, 0.15) is 37.5 Å². The number of aryl methyl sites for hydroxylation is 1. The second-order valence-electron chi connectivity index (χ2n) is 12.5. The van der Waals surface area contributed by atoms with E-state index in [4.69, 9.17) is 9.47 Å². The molecule has 0 saturated carbocycles. The van der Waals surface area contributed by atoms with Crippen molar-refractivity contribution >= 4 is 43.5 Å². The van der Waals surface area contributed by atoms with Crippen molar-refractivity contribution in [3.8, 4) is 11.5 Å². The van der Waals surface area contributed by atoms with Crippen LogP contribution in [0.3, 0.4) is 0 Å². The minimum atomic E-state index is -4.27. The highest BCUT2D eigenvalue weighted by molar-refractivity contribution is 9.10. The molecule has 0 bridgehead atoms. The first kappa shape index (κ1) is 36.5. The lowest BCUT2D eigenvalue weighted by atomic mass is 10.0. The van der Waals surface area contributed by atoms with E-state index in [1.54, 1.807) is 24.3 Å². The van der Waals surface area contributed by atoms with Gasteiger partial charge in [-0.05, 0) is 75.2 Å². The van der Waals surface area contributed by atoms with Crippen LogP contribution in [-0.4, -0.2) is 57.5 Å². The molecular formula is C37H42BrN3O6S. The number of nitrogens with zero attached hydrogens (tertiary/aromatic N) is 2. The van der Waals surface area contributed by atoms with Crippen molar-refractivity contribution in [3.05, 3.63) is 118 Å². The van der Waals surface area contributed by atoms with Gasteiger partial charge in [-0.15, -0.1) is 0 Å². The summed E-state index contributed by atoms with van der Waals surface area (Å²) in [6.07, 6.45) is 0.214. The number of rotatable bonds is 13. The fourth-order valence-corrected chi connectivity index (χ4v) is 6.81. The van der Waals surface area contributed by atoms with Crippen molar-refractivity contribution in [3.63, 3.8) is 0 Å². The summed E-state index contributed by atoms with van der Waals surface area (Å²) in [7, 11) is -1.34. The topological polar surface area (TPSA) is 105 Å². The quantitative estimate of drug-likeness (QED) is 0.168. The maximum Gasteiger partial charge on any atom is 0.264 e. The van der Waals surface area contributed by atoms with Gasteiger partial charge in [0.05, 0.1) is 24.8 Å². The largest absolute Gasteiger partial charge is 0.493 e. The van der Waals surface area contributed by atoms with Gasteiger partial charge >= 0.3 is 0 Å². The van der Waals surface area contributed by atoms with Gasteiger partial charge in [-0.2, -0.15) is 0 Å². The lowest BCUT2D eigenvalue weighted by molar-refractivity contribution is -0.140. The minimum Gasteiger partial charge on any atom is -0.493 e. The Hall–Kier alpha value is -4.35. The Morgan fingerprint density at radius 3 is 2.04 bits per heavy atom. The van der Waals surface area contributed by atoms with Gasteiger partial charge in [0.15, 0.2) is 11.5 Å². The average Bonchev–Trinajstić information content (AvgIpc) is 3.05. The van der Waals surface area contributed by atoms with Gasteiger partial charge in [-0.1, -0.05) is 76.1 Å². The van der Waals surface area contributed by atoms with Gasteiger partial charge in [0.25, 0.3) is 10.0 Å². The summed E-state index contributed by atoms with van der Waals surface area (Å²) in [6.45, 7) is 6.96. The van der Waals surface area contributed by atoms with Gasteiger partial charge < -0.3 is 19.7 Å². The highest BCUT2D eigenvalue weighted by Crippen LogP contribution is 2.34. The molecule has 4 aromatic rings. The second-order valence-corrected chi connectivity index (χ2v) is 15.2. The fourth-order valence-electron chi connectivity index (χ4n) is 5.14. The predicted molar refractivity (Wildman–Crippen MR) is 192 cm³/mol. The van der Waals surface area contributed by atoms with E-state index >= 15 is 0 Å². The van der Waals surface area contributed by atoms with Crippen molar-refractivity contribution in [1.29, 1.82) is 0 Å². The Morgan fingerprint density at radius 2 is 1.46 bits per heavy atom. The molecule has 0 aliphatic heterocycles. The summed E-state index contributed by atoms with van der Waals surface area (Å²) in [6, 6.07) is 27.0. The summed E-state index contributed by atoms with van der Waals surface area (Å²) in [4.78, 5) is 30.2. The first-order valence-electron chi connectivity index (χ1n) is 15.4. The lowest BCUT2D eigenvalue weighted by Crippen LogP contribution is -2.56. The number of halogens is 1. The van der Waals surface area contributed by atoms with Gasteiger partial charge in [0, 0.05) is 29.0 Å². The summed E-state index contributed by atoms with van der Waals surface area (Å²) in [5.41, 5.74) is 2.12. The Bertz CT molecular complexity index is 1810. The minimum absolute atomic E-state index is 0.0152. The molecule has 0 radical (unpaired) electrons. The van der Waals surface area contributed by atoms with E-state index in [9.17, 15) is 18.0 Å². The first-order valence-corrected chi connectivity index (χ1v) is 17.7. The fraction of sp³-hybridized carbons (Fsp3) is 0.297. The summed E-state index contributed by atoms with van der Waals surface area (Å²) < 4.78 is 41.5. The number of ether oxygens (including phenoxy) is 2. The Morgan fingerprint density at radius 1 is 0.833 bits per heavy atom. The maximum absolute atomic E-state index is 14.7. The standard InChI is InChI=1S/C37H42BrN3O6S/c1-26-12-19-31(20-13-26)48(44,45)41(30-18-21-33(46-5)34(23-30)47-6)25-35(42)40(24-28-14-16-29(38)17-15-28)32(36(43)39-37(2,3)4)22-27-10-8-7-9-11-27/h7-21,23,32H,22,24-25H2,1-6H3,(H,39,43)/t32-/m0/s1. The van der Waals surface area contributed by atoms with E-state index in [2.05, 4.69) is 21.2 Å². The maximum atomic E-state index is 14.7. The van der Waals surface area contributed by atoms with Crippen molar-refractivity contribution in [1.82, 2.24) is 10.2 Å². The summed E-state index contributed by atoms with van der Waals surface area (Å²) in [5.74, 6) is -0.215. The number of benzene rings is 4. The van der Waals surface area contributed by atoms with Crippen LogP contribution in [-0.2, 0) is 32.6 Å². The van der Waals surface area contributed by atoms with Crippen LogP contribution in [0.25, 0.3) is 0 Å².